The lowest BCUT2D eigenvalue weighted by Crippen LogP contribution is -2.30. The minimum Gasteiger partial charge on any atom is -0.320 e. The lowest BCUT2D eigenvalue weighted by Gasteiger charge is -2.25. The van der Waals surface area contributed by atoms with Gasteiger partial charge in [0.1, 0.15) is 11.3 Å². The van der Waals surface area contributed by atoms with E-state index in [0.717, 1.165) is 25.7 Å². The molecule has 3 nitrogen and oxygen atoms in total. The van der Waals surface area contributed by atoms with Crippen LogP contribution in [-0.4, -0.2) is 34.1 Å². The van der Waals surface area contributed by atoms with Crippen molar-refractivity contribution in [1.82, 2.24) is 14.5 Å². The molecule has 0 bridgehead atoms. The number of halogens is 3. The van der Waals surface area contributed by atoms with Crippen molar-refractivity contribution >= 4 is 22.6 Å². The highest BCUT2D eigenvalue weighted by Gasteiger charge is 2.21. The molecule has 0 aliphatic carbocycles. The molecule has 21 heavy (non-hydrogen) atoms. The van der Waals surface area contributed by atoms with E-state index in [1.807, 2.05) is 6.92 Å². The fourth-order valence-corrected chi connectivity index (χ4v) is 2.87. The van der Waals surface area contributed by atoms with Crippen LogP contribution in [0.2, 0.25) is 0 Å². The van der Waals surface area contributed by atoms with Gasteiger partial charge in [0.25, 0.3) is 0 Å². The molecular weight excluding hydrogens is 296 g/mol. The largest absolute Gasteiger partial charge is 0.320 e. The Hall–Kier alpha value is -1.20. The van der Waals surface area contributed by atoms with E-state index < -0.39 is 11.6 Å². The summed E-state index contributed by atoms with van der Waals surface area (Å²) in [6.45, 7) is 8.66. The van der Waals surface area contributed by atoms with E-state index in [1.54, 1.807) is 4.57 Å². The Morgan fingerprint density at radius 2 is 1.95 bits per heavy atom. The van der Waals surface area contributed by atoms with E-state index in [1.165, 1.54) is 6.07 Å². The summed E-state index contributed by atoms with van der Waals surface area (Å²) in [6.07, 6.45) is 0. The van der Waals surface area contributed by atoms with Crippen molar-refractivity contribution in [2.24, 2.45) is 0 Å². The van der Waals surface area contributed by atoms with Crippen LogP contribution in [0.5, 0.6) is 0 Å². The van der Waals surface area contributed by atoms with Crippen LogP contribution in [0.25, 0.3) is 11.0 Å². The van der Waals surface area contributed by atoms with Crippen LogP contribution < -0.4 is 0 Å². The third kappa shape index (κ3) is 3.04. The van der Waals surface area contributed by atoms with Crippen molar-refractivity contribution in [2.45, 2.75) is 32.7 Å². The smallest absolute Gasteiger partial charge is 0.184 e. The van der Waals surface area contributed by atoms with Crippen molar-refractivity contribution < 1.29 is 8.78 Å². The SMILES string of the molecule is CCN(CC)CC(C)n1c(CCl)nc2ccc(F)c(F)c21. The molecule has 0 amide bonds. The maximum atomic E-state index is 14.2. The number of likely N-dealkylation sites (N-methyl/N-ethyl adjacent to an activating group) is 1. The molecule has 0 aliphatic rings. The summed E-state index contributed by atoms with van der Waals surface area (Å²) >= 11 is 5.93. The van der Waals surface area contributed by atoms with E-state index in [-0.39, 0.29) is 17.4 Å². The highest BCUT2D eigenvalue weighted by atomic mass is 35.5. The number of hydrogen-bond donors (Lipinski definition) is 0. The van der Waals surface area contributed by atoms with Gasteiger partial charge in [-0.3, -0.25) is 0 Å². The summed E-state index contributed by atoms with van der Waals surface area (Å²) < 4.78 is 29.4. The average molecular weight is 316 g/mol. The molecule has 2 rings (SSSR count). The first-order valence-corrected chi connectivity index (χ1v) is 7.70. The monoisotopic (exact) mass is 315 g/mol. The molecule has 1 unspecified atom stereocenters. The molecule has 1 atom stereocenters. The zero-order valence-corrected chi connectivity index (χ0v) is 13.3. The van der Waals surface area contributed by atoms with E-state index in [4.69, 9.17) is 11.6 Å². The summed E-state index contributed by atoms with van der Waals surface area (Å²) in [5.74, 6) is -0.989. The number of alkyl halides is 1. The van der Waals surface area contributed by atoms with Crippen LogP contribution in [0.15, 0.2) is 12.1 Å². The fourth-order valence-electron chi connectivity index (χ4n) is 2.68. The van der Waals surface area contributed by atoms with Gasteiger partial charge >= 0.3 is 0 Å². The summed E-state index contributed by atoms with van der Waals surface area (Å²) in [7, 11) is 0. The van der Waals surface area contributed by atoms with Crippen molar-refractivity contribution in [3.63, 3.8) is 0 Å². The highest BCUT2D eigenvalue weighted by molar-refractivity contribution is 6.16. The fraction of sp³-hybridized carbons (Fsp3) is 0.533. The van der Waals surface area contributed by atoms with Gasteiger partial charge in [-0.2, -0.15) is 0 Å². The number of benzene rings is 1. The molecule has 1 aromatic carbocycles. The van der Waals surface area contributed by atoms with E-state index >= 15 is 0 Å². The third-order valence-electron chi connectivity index (χ3n) is 3.79. The molecule has 0 N–H and O–H groups in total. The first-order chi connectivity index (χ1) is 10.0. The van der Waals surface area contributed by atoms with Crippen LogP contribution >= 0.6 is 11.6 Å². The Labute approximate surface area is 128 Å². The second kappa shape index (κ2) is 6.71. The van der Waals surface area contributed by atoms with Gasteiger partial charge in [-0.05, 0) is 32.1 Å². The first-order valence-electron chi connectivity index (χ1n) is 7.16. The third-order valence-corrected chi connectivity index (χ3v) is 4.03. The van der Waals surface area contributed by atoms with E-state index in [9.17, 15) is 8.78 Å². The standard InChI is InChI=1S/C15H20ClF2N3/c1-4-20(5-2)9-10(3)21-13(8-16)19-12-7-6-11(17)14(18)15(12)21/h6-7,10H,4-5,8-9H2,1-3H3. The predicted molar refractivity (Wildman–Crippen MR) is 81.7 cm³/mol. The molecule has 0 saturated carbocycles. The summed E-state index contributed by atoms with van der Waals surface area (Å²) in [5.41, 5.74) is 0.640. The molecule has 1 heterocycles. The van der Waals surface area contributed by atoms with Crippen LogP contribution in [0.3, 0.4) is 0 Å². The summed E-state index contributed by atoms with van der Waals surface area (Å²) in [4.78, 5) is 6.55. The van der Waals surface area contributed by atoms with Crippen LogP contribution in [0.4, 0.5) is 8.78 Å². The highest BCUT2D eigenvalue weighted by Crippen LogP contribution is 2.26. The number of aromatic nitrogens is 2. The van der Waals surface area contributed by atoms with Gasteiger partial charge in [-0.25, -0.2) is 13.8 Å². The zero-order chi connectivity index (χ0) is 15.6. The van der Waals surface area contributed by atoms with E-state index in [2.05, 4.69) is 23.7 Å². The molecule has 0 fully saturated rings. The molecule has 0 aliphatic heterocycles. The normalized spacial score (nSPS) is 13.3. The Bertz CT molecular complexity index is 623. The predicted octanol–water partition coefficient (Wildman–Crippen LogP) is 3.96. The lowest BCUT2D eigenvalue weighted by atomic mass is 10.2. The zero-order valence-electron chi connectivity index (χ0n) is 12.5. The minimum absolute atomic E-state index is 0.0417. The second-order valence-corrected chi connectivity index (χ2v) is 5.36. The van der Waals surface area contributed by atoms with Crippen molar-refractivity contribution in [1.29, 1.82) is 0 Å². The molecule has 1 aromatic heterocycles. The summed E-state index contributed by atoms with van der Waals surface area (Å²) in [6, 6.07) is 2.55. The Kier molecular flexibility index (Phi) is 5.17. The Morgan fingerprint density at radius 3 is 2.52 bits per heavy atom. The molecule has 2 aromatic rings. The number of imidazole rings is 1. The second-order valence-electron chi connectivity index (χ2n) is 5.10. The van der Waals surface area contributed by atoms with E-state index in [0.29, 0.717) is 11.3 Å². The molecule has 0 spiro atoms. The topological polar surface area (TPSA) is 21.1 Å². The van der Waals surface area contributed by atoms with Gasteiger partial charge in [0.05, 0.1) is 11.4 Å². The van der Waals surface area contributed by atoms with Crippen LogP contribution in [0.1, 0.15) is 32.6 Å². The maximum absolute atomic E-state index is 14.2. The molecule has 6 heteroatoms. The quantitative estimate of drug-likeness (QED) is 0.752. The van der Waals surface area contributed by atoms with Gasteiger partial charge in [0.2, 0.25) is 0 Å². The van der Waals surface area contributed by atoms with Crippen molar-refractivity contribution in [3.8, 4) is 0 Å². The molecule has 0 saturated heterocycles. The van der Waals surface area contributed by atoms with Gasteiger partial charge in [-0.15, -0.1) is 11.6 Å². The number of fused-ring (bicyclic) bond motifs is 1. The molecular formula is C15H20ClF2N3. The Balaban J connectivity index is 2.52. The van der Waals surface area contributed by atoms with Crippen LogP contribution in [-0.2, 0) is 5.88 Å². The first kappa shape index (κ1) is 16.2. The van der Waals surface area contributed by atoms with Gasteiger partial charge < -0.3 is 9.47 Å². The number of hydrogen-bond acceptors (Lipinski definition) is 2. The minimum atomic E-state index is -0.861. The molecule has 116 valence electrons. The average Bonchev–Trinajstić information content (AvgIpc) is 2.87. The van der Waals surface area contributed by atoms with Crippen molar-refractivity contribution in [2.75, 3.05) is 19.6 Å². The van der Waals surface area contributed by atoms with Gasteiger partial charge in [-0.1, -0.05) is 13.8 Å². The lowest BCUT2D eigenvalue weighted by molar-refractivity contribution is 0.261. The number of rotatable bonds is 6. The molecule has 0 radical (unpaired) electrons. The number of nitrogens with zero attached hydrogens (tertiary/aromatic N) is 3. The maximum Gasteiger partial charge on any atom is 0.184 e. The Morgan fingerprint density at radius 1 is 1.29 bits per heavy atom. The van der Waals surface area contributed by atoms with Gasteiger partial charge in [0.15, 0.2) is 11.6 Å². The summed E-state index contributed by atoms with van der Waals surface area (Å²) in [5, 5.41) is 0. The van der Waals surface area contributed by atoms with Gasteiger partial charge in [0, 0.05) is 12.6 Å². The van der Waals surface area contributed by atoms with Crippen LogP contribution in [0, 0.1) is 11.6 Å². The van der Waals surface area contributed by atoms with Crippen molar-refractivity contribution in [3.05, 3.63) is 29.6 Å².